The predicted molar refractivity (Wildman–Crippen MR) is 79.2 cm³/mol. The largest absolute Gasteiger partial charge is 0.385 e. The van der Waals surface area contributed by atoms with Gasteiger partial charge < -0.3 is 19.7 Å². The van der Waals surface area contributed by atoms with E-state index in [1.165, 1.54) is 29.8 Å². The third-order valence-electron chi connectivity index (χ3n) is 3.53. The van der Waals surface area contributed by atoms with Crippen molar-refractivity contribution in [1.29, 1.82) is 0 Å². The molecule has 106 valence electrons. The topological polar surface area (TPSA) is 33.7 Å². The highest BCUT2D eigenvalue weighted by Crippen LogP contribution is 2.27. The molecule has 1 aromatic rings. The summed E-state index contributed by atoms with van der Waals surface area (Å²) in [6.07, 6.45) is 2.40. The van der Waals surface area contributed by atoms with Crippen molar-refractivity contribution in [2.24, 2.45) is 0 Å². The van der Waals surface area contributed by atoms with E-state index < -0.39 is 0 Å². The second-order valence-corrected chi connectivity index (χ2v) is 4.84. The van der Waals surface area contributed by atoms with Crippen LogP contribution in [0.3, 0.4) is 0 Å². The molecule has 0 amide bonds. The van der Waals surface area contributed by atoms with Crippen molar-refractivity contribution in [3.8, 4) is 0 Å². The first-order valence-corrected chi connectivity index (χ1v) is 6.95. The Hall–Kier alpha value is -1.26. The summed E-state index contributed by atoms with van der Waals surface area (Å²) in [6, 6.07) is 6.69. The molecule has 0 spiro atoms. The van der Waals surface area contributed by atoms with Gasteiger partial charge in [-0.3, -0.25) is 0 Å². The molecule has 1 heterocycles. The van der Waals surface area contributed by atoms with E-state index in [9.17, 15) is 0 Å². The Morgan fingerprint density at radius 3 is 2.58 bits per heavy atom. The average Bonchev–Trinajstić information content (AvgIpc) is 2.47. The number of anilines is 2. The van der Waals surface area contributed by atoms with E-state index in [-0.39, 0.29) is 0 Å². The predicted octanol–water partition coefficient (Wildman–Crippen LogP) is 2.14. The summed E-state index contributed by atoms with van der Waals surface area (Å²) >= 11 is 0. The van der Waals surface area contributed by atoms with Gasteiger partial charge in [-0.2, -0.15) is 0 Å². The van der Waals surface area contributed by atoms with Gasteiger partial charge in [0.25, 0.3) is 0 Å². The van der Waals surface area contributed by atoms with Gasteiger partial charge >= 0.3 is 0 Å². The summed E-state index contributed by atoms with van der Waals surface area (Å²) in [5.41, 5.74) is 3.94. The molecule has 1 aliphatic heterocycles. The minimum Gasteiger partial charge on any atom is -0.385 e. The number of hydrogen-bond donors (Lipinski definition) is 1. The Morgan fingerprint density at radius 1 is 1.16 bits per heavy atom. The first-order valence-electron chi connectivity index (χ1n) is 6.95. The fourth-order valence-electron chi connectivity index (χ4n) is 2.42. The Balaban J connectivity index is 2.10. The van der Waals surface area contributed by atoms with Gasteiger partial charge in [-0.25, -0.2) is 0 Å². The maximum atomic E-state index is 5.19. The van der Waals surface area contributed by atoms with Crippen molar-refractivity contribution >= 4 is 11.4 Å². The molecule has 0 radical (unpaired) electrons. The van der Waals surface area contributed by atoms with Gasteiger partial charge in [0.1, 0.15) is 0 Å². The van der Waals surface area contributed by atoms with Crippen molar-refractivity contribution in [1.82, 2.24) is 0 Å². The Kier molecular flexibility index (Phi) is 5.48. The van der Waals surface area contributed by atoms with Crippen LogP contribution in [0.5, 0.6) is 0 Å². The van der Waals surface area contributed by atoms with E-state index >= 15 is 0 Å². The zero-order valence-electron chi connectivity index (χ0n) is 11.9. The highest BCUT2D eigenvalue weighted by Gasteiger charge is 2.12. The lowest BCUT2D eigenvalue weighted by atomic mass is 10.0. The SMILES string of the molecule is COCCN(CCOC)c1ccc2c(c1)NCCC2. The van der Waals surface area contributed by atoms with E-state index in [0.29, 0.717) is 0 Å². The fraction of sp³-hybridized carbons (Fsp3) is 0.600. The van der Waals surface area contributed by atoms with Crippen LogP contribution in [-0.4, -0.2) is 47.1 Å². The van der Waals surface area contributed by atoms with Crippen molar-refractivity contribution in [3.05, 3.63) is 23.8 Å². The van der Waals surface area contributed by atoms with E-state index in [0.717, 1.165) is 32.8 Å². The molecule has 0 unspecified atom stereocenters. The van der Waals surface area contributed by atoms with Crippen molar-refractivity contribution in [2.75, 3.05) is 57.3 Å². The molecule has 4 nitrogen and oxygen atoms in total. The number of ether oxygens (including phenoxy) is 2. The molecular weight excluding hydrogens is 240 g/mol. The maximum Gasteiger partial charge on any atom is 0.0637 e. The lowest BCUT2D eigenvalue weighted by Crippen LogP contribution is -2.30. The summed E-state index contributed by atoms with van der Waals surface area (Å²) in [4.78, 5) is 2.31. The van der Waals surface area contributed by atoms with Gasteiger partial charge in [-0.1, -0.05) is 6.07 Å². The van der Waals surface area contributed by atoms with Crippen LogP contribution in [0.2, 0.25) is 0 Å². The Morgan fingerprint density at radius 2 is 1.89 bits per heavy atom. The van der Waals surface area contributed by atoms with Gasteiger partial charge in [-0.15, -0.1) is 0 Å². The minimum absolute atomic E-state index is 0.730. The molecule has 0 aliphatic carbocycles. The number of methoxy groups -OCH3 is 2. The normalized spacial score (nSPS) is 13.8. The quantitative estimate of drug-likeness (QED) is 0.818. The molecule has 0 fully saturated rings. The van der Waals surface area contributed by atoms with E-state index in [1.54, 1.807) is 14.2 Å². The molecule has 19 heavy (non-hydrogen) atoms. The molecule has 2 rings (SSSR count). The van der Waals surface area contributed by atoms with Crippen LogP contribution >= 0.6 is 0 Å². The lowest BCUT2D eigenvalue weighted by molar-refractivity contribution is 0.190. The molecule has 0 bridgehead atoms. The molecule has 1 aliphatic rings. The van der Waals surface area contributed by atoms with E-state index in [1.807, 2.05) is 0 Å². The summed E-state index contributed by atoms with van der Waals surface area (Å²) in [6.45, 7) is 4.31. The average molecular weight is 264 g/mol. The highest BCUT2D eigenvalue weighted by atomic mass is 16.5. The summed E-state index contributed by atoms with van der Waals surface area (Å²) in [5.74, 6) is 0. The van der Waals surface area contributed by atoms with Crippen LogP contribution in [0.15, 0.2) is 18.2 Å². The van der Waals surface area contributed by atoms with Crippen LogP contribution in [0, 0.1) is 0 Å². The Bertz CT molecular complexity index is 388. The maximum absolute atomic E-state index is 5.19. The first kappa shape index (κ1) is 14.2. The molecular formula is C15H24N2O2. The third-order valence-corrected chi connectivity index (χ3v) is 3.53. The standard InChI is InChI=1S/C15H24N2O2/c1-18-10-8-17(9-11-19-2)14-6-5-13-4-3-7-16-15(13)12-14/h5-6,12,16H,3-4,7-11H2,1-2H3. The molecule has 1 aromatic carbocycles. The highest BCUT2D eigenvalue weighted by molar-refractivity contribution is 5.63. The second-order valence-electron chi connectivity index (χ2n) is 4.84. The van der Waals surface area contributed by atoms with E-state index in [2.05, 4.69) is 28.4 Å². The zero-order chi connectivity index (χ0) is 13.5. The van der Waals surface area contributed by atoms with Gasteiger partial charge in [-0.05, 0) is 30.5 Å². The van der Waals surface area contributed by atoms with Crippen LogP contribution in [0.1, 0.15) is 12.0 Å². The van der Waals surface area contributed by atoms with Gasteiger partial charge in [0.2, 0.25) is 0 Å². The Labute approximate surface area is 115 Å². The minimum atomic E-state index is 0.730. The number of nitrogens with zero attached hydrogens (tertiary/aromatic N) is 1. The smallest absolute Gasteiger partial charge is 0.0637 e. The van der Waals surface area contributed by atoms with Crippen LogP contribution in [0.4, 0.5) is 11.4 Å². The third kappa shape index (κ3) is 3.85. The zero-order valence-corrected chi connectivity index (χ0v) is 11.9. The van der Waals surface area contributed by atoms with E-state index in [4.69, 9.17) is 9.47 Å². The fourth-order valence-corrected chi connectivity index (χ4v) is 2.42. The lowest BCUT2D eigenvalue weighted by Gasteiger charge is -2.27. The number of benzene rings is 1. The molecule has 4 heteroatoms. The van der Waals surface area contributed by atoms with Crippen LogP contribution in [0.25, 0.3) is 0 Å². The summed E-state index contributed by atoms with van der Waals surface area (Å²) in [5, 5.41) is 3.48. The molecule has 0 saturated heterocycles. The first-order chi connectivity index (χ1) is 9.35. The number of hydrogen-bond acceptors (Lipinski definition) is 4. The van der Waals surface area contributed by atoms with Gasteiger partial charge in [0, 0.05) is 45.2 Å². The van der Waals surface area contributed by atoms with Crippen LogP contribution in [-0.2, 0) is 15.9 Å². The van der Waals surface area contributed by atoms with Crippen molar-refractivity contribution < 1.29 is 9.47 Å². The number of nitrogens with one attached hydrogen (secondary N) is 1. The number of fused-ring (bicyclic) bond motifs is 1. The van der Waals surface area contributed by atoms with Crippen molar-refractivity contribution in [2.45, 2.75) is 12.8 Å². The monoisotopic (exact) mass is 264 g/mol. The molecule has 0 saturated carbocycles. The molecule has 1 N–H and O–H groups in total. The summed E-state index contributed by atoms with van der Waals surface area (Å²) < 4.78 is 10.4. The molecule has 0 atom stereocenters. The van der Waals surface area contributed by atoms with Gasteiger partial charge in [0.15, 0.2) is 0 Å². The molecule has 0 aromatic heterocycles. The number of aryl methyl sites for hydroxylation is 1. The van der Waals surface area contributed by atoms with Crippen LogP contribution < -0.4 is 10.2 Å². The number of rotatable bonds is 7. The van der Waals surface area contributed by atoms with Crippen molar-refractivity contribution in [3.63, 3.8) is 0 Å². The summed E-state index contributed by atoms with van der Waals surface area (Å²) in [7, 11) is 3.48. The second kappa shape index (κ2) is 7.36. The van der Waals surface area contributed by atoms with Gasteiger partial charge in [0.05, 0.1) is 13.2 Å².